The smallest absolute Gasteiger partial charge is 0.272 e. The molecule has 0 unspecified atom stereocenters. The summed E-state index contributed by atoms with van der Waals surface area (Å²) < 4.78 is 40.5. The van der Waals surface area contributed by atoms with Gasteiger partial charge in [-0.1, -0.05) is 0 Å². The standard InChI is InChI=1S/C20H34F2N4O2/c1-25(9-8-23)11-16-18(17-10-20(21,22)12-26(17)24-16)15-4-6-19(7-5-15,13-27-2)14-28-3/h15H,4-14,23H2,1-3H3. The first-order valence-corrected chi connectivity index (χ1v) is 10.2. The molecule has 0 aromatic carbocycles. The molecule has 1 aromatic rings. The fraction of sp³-hybridized carbons (Fsp3) is 0.850. The zero-order valence-electron chi connectivity index (χ0n) is 17.3. The Morgan fingerprint density at radius 2 is 1.86 bits per heavy atom. The van der Waals surface area contributed by atoms with Crippen LogP contribution in [0.15, 0.2) is 0 Å². The Hall–Kier alpha value is -1.09. The number of hydrogen-bond donors (Lipinski definition) is 1. The van der Waals surface area contributed by atoms with E-state index >= 15 is 0 Å². The minimum atomic E-state index is -2.69. The minimum absolute atomic E-state index is 0.0246. The minimum Gasteiger partial charge on any atom is -0.384 e. The summed E-state index contributed by atoms with van der Waals surface area (Å²) in [7, 11) is 5.45. The molecule has 0 bridgehead atoms. The van der Waals surface area contributed by atoms with Crippen LogP contribution in [-0.2, 0) is 29.0 Å². The van der Waals surface area contributed by atoms with E-state index in [0.29, 0.717) is 26.3 Å². The van der Waals surface area contributed by atoms with E-state index in [1.165, 1.54) is 0 Å². The van der Waals surface area contributed by atoms with Crippen LogP contribution in [0.25, 0.3) is 0 Å². The van der Waals surface area contributed by atoms with Gasteiger partial charge in [0.05, 0.1) is 25.3 Å². The molecule has 28 heavy (non-hydrogen) atoms. The summed E-state index contributed by atoms with van der Waals surface area (Å²) in [4.78, 5) is 2.11. The average Bonchev–Trinajstić information content (AvgIpc) is 3.07. The Labute approximate surface area is 166 Å². The van der Waals surface area contributed by atoms with Crippen LogP contribution in [0, 0.1) is 5.41 Å². The van der Waals surface area contributed by atoms with Gasteiger partial charge in [-0.15, -0.1) is 0 Å². The molecule has 2 heterocycles. The molecule has 8 heteroatoms. The zero-order valence-corrected chi connectivity index (χ0v) is 17.3. The van der Waals surface area contributed by atoms with Gasteiger partial charge in [-0.3, -0.25) is 9.58 Å². The highest BCUT2D eigenvalue weighted by Crippen LogP contribution is 2.47. The van der Waals surface area contributed by atoms with Gasteiger partial charge in [0.25, 0.3) is 5.92 Å². The third kappa shape index (κ3) is 4.56. The van der Waals surface area contributed by atoms with Crippen molar-refractivity contribution in [2.75, 3.05) is 47.6 Å². The predicted molar refractivity (Wildman–Crippen MR) is 104 cm³/mol. The number of rotatable bonds is 9. The molecule has 1 aliphatic carbocycles. The second-order valence-corrected chi connectivity index (χ2v) is 8.66. The molecule has 6 nitrogen and oxygen atoms in total. The van der Waals surface area contributed by atoms with Crippen LogP contribution in [0.5, 0.6) is 0 Å². The lowest BCUT2D eigenvalue weighted by Crippen LogP contribution is -2.36. The number of alkyl halides is 2. The van der Waals surface area contributed by atoms with Gasteiger partial charge in [-0.2, -0.15) is 5.10 Å². The monoisotopic (exact) mass is 400 g/mol. The van der Waals surface area contributed by atoms with Gasteiger partial charge in [0, 0.05) is 50.5 Å². The molecule has 3 rings (SSSR count). The maximum Gasteiger partial charge on any atom is 0.272 e. The first-order chi connectivity index (χ1) is 13.3. The molecule has 0 saturated heterocycles. The van der Waals surface area contributed by atoms with Gasteiger partial charge in [-0.05, 0) is 38.6 Å². The predicted octanol–water partition coefficient (Wildman–Crippen LogP) is 2.40. The van der Waals surface area contributed by atoms with Gasteiger partial charge in [0.2, 0.25) is 0 Å². The third-order valence-corrected chi connectivity index (χ3v) is 6.27. The molecular formula is C20H34F2N4O2. The van der Waals surface area contributed by atoms with Crippen molar-refractivity contribution in [2.45, 2.75) is 57.0 Å². The molecular weight excluding hydrogens is 366 g/mol. The number of fused-ring (bicyclic) bond motifs is 1. The number of nitrogens with two attached hydrogens (primary N) is 1. The molecule has 1 saturated carbocycles. The van der Waals surface area contributed by atoms with Crippen molar-refractivity contribution < 1.29 is 18.3 Å². The SMILES string of the molecule is COCC1(COC)CCC(c2c(CN(C)CCN)nn3c2CC(F)(F)C3)CC1. The molecule has 160 valence electrons. The Morgan fingerprint density at radius 3 is 2.43 bits per heavy atom. The summed E-state index contributed by atoms with van der Waals surface area (Å²) in [5.74, 6) is -2.43. The van der Waals surface area contributed by atoms with Crippen molar-refractivity contribution in [3.8, 4) is 0 Å². The van der Waals surface area contributed by atoms with E-state index in [9.17, 15) is 8.78 Å². The van der Waals surface area contributed by atoms with Gasteiger partial charge >= 0.3 is 0 Å². The van der Waals surface area contributed by atoms with Crippen LogP contribution >= 0.6 is 0 Å². The van der Waals surface area contributed by atoms with E-state index in [1.54, 1.807) is 18.9 Å². The summed E-state index contributed by atoms with van der Waals surface area (Å²) in [5.41, 5.74) is 8.43. The third-order valence-electron chi connectivity index (χ3n) is 6.27. The van der Waals surface area contributed by atoms with Crippen molar-refractivity contribution in [2.24, 2.45) is 11.1 Å². The van der Waals surface area contributed by atoms with Crippen molar-refractivity contribution in [3.05, 3.63) is 17.0 Å². The van der Waals surface area contributed by atoms with E-state index in [2.05, 4.69) is 10.00 Å². The van der Waals surface area contributed by atoms with Crippen molar-refractivity contribution in [1.29, 1.82) is 0 Å². The van der Waals surface area contributed by atoms with Crippen molar-refractivity contribution in [3.63, 3.8) is 0 Å². The summed E-state index contributed by atoms with van der Waals surface area (Å²) in [5, 5.41) is 4.60. The number of hydrogen-bond acceptors (Lipinski definition) is 5. The van der Waals surface area contributed by atoms with Gasteiger partial charge in [0.1, 0.15) is 6.54 Å². The van der Waals surface area contributed by atoms with Gasteiger partial charge in [-0.25, -0.2) is 8.78 Å². The fourth-order valence-electron chi connectivity index (χ4n) is 5.01. The number of nitrogens with zero attached hydrogens (tertiary/aromatic N) is 3. The molecule has 0 atom stereocenters. The van der Waals surface area contributed by atoms with E-state index in [0.717, 1.165) is 49.2 Å². The van der Waals surface area contributed by atoms with Crippen molar-refractivity contribution in [1.82, 2.24) is 14.7 Å². The molecule has 0 spiro atoms. The largest absolute Gasteiger partial charge is 0.384 e. The lowest BCUT2D eigenvalue weighted by Gasteiger charge is -2.39. The highest BCUT2D eigenvalue weighted by Gasteiger charge is 2.44. The molecule has 1 aliphatic heterocycles. The second kappa shape index (κ2) is 8.73. The lowest BCUT2D eigenvalue weighted by molar-refractivity contribution is -0.0172. The normalized spacial score (nSPS) is 21.4. The maximum atomic E-state index is 14.0. The summed E-state index contributed by atoms with van der Waals surface area (Å²) in [6, 6.07) is 0. The average molecular weight is 401 g/mol. The second-order valence-electron chi connectivity index (χ2n) is 8.66. The summed E-state index contributed by atoms with van der Waals surface area (Å²) in [6.07, 6.45) is 3.64. The van der Waals surface area contributed by atoms with Crippen LogP contribution in [-0.4, -0.2) is 68.2 Å². The van der Waals surface area contributed by atoms with E-state index in [4.69, 9.17) is 15.2 Å². The van der Waals surface area contributed by atoms with Crippen LogP contribution < -0.4 is 5.73 Å². The lowest BCUT2D eigenvalue weighted by atomic mass is 9.69. The first-order valence-electron chi connectivity index (χ1n) is 10.2. The number of ether oxygens (including phenoxy) is 2. The highest BCUT2D eigenvalue weighted by atomic mass is 19.3. The number of aromatic nitrogens is 2. The molecule has 2 N–H and O–H groups in total. The number of likely N-dealkylation sites (N-methyl/N-ethyl adjacent to an activating group) is 1. The topological polar surface area (TPSA) is 65.5 Å². The van der Waals surface area contributed by atoms with E-state index in [-0.39, 0.29) is 24.3 Å². The van der Waals surface area contributed by atoms with Gasteiger partial charge in [0.15, 0.2) is 0 Å². The molecule has 1 aromatic heterocycles. The Balaban J connectivity index is 1.82. The van der Waals surface area contributed by atoms with Crippen LogP contribution in [0.1, 0.15) is 48.6 Å². The zero-order chi connectivity index (χ0) is 20.4. The van der Waals surface area contributed by atoms with Crippen LogP contribution in [0.2, 0.25) is 0 Å². The Morgan fingerprint density at radius 1 is 1.21 bits per heavy atom. The number of methoxy groups -OCH3 is 2. The summed E-state index contributed by atoms with van der Waals surface area (Å²) in [6.45, 7) is 3.01. The van der Waals surface area contributed by atoms with Crippen molar-refractivity contribution >= 4 is 0 Å². The van der Waals surface area contributed by atoms with E-state index in [1.807, 2.05) is 7.05 Å². The quantitative estimate of drug-likeness (QED) is 0.690. The molecule has 0 radical (unpaired) electrons. The Bertz CT molecular complexity index is 649. The highest BCUT2D eigenvalue weighted by molar-refractivity contribution is 5.34. The number of halogens is 2. The maximum absolute atomic E-state index is 14.0. The molecule has 0 amide bonds. The fourth-order valence-corrected chi connectivity index (χ4v) is 5.01. The van der Waals surface area contributed by atoms with Crippen LogP contribution in [0.3, 0.4) is 0 Å². The summed E-state index contributed by atoms with van der Waals surface area (Å²) >= 11 is 0. The first kappa shape index (κ1) is 21.6. The Kier molecular flexibility index (Phi) is 6.74. The van der Waals surface area contributed by atoms with Crippen LogP contribution in [0.4, 0.5) is 8.78 Å². The van der Waals surface area contributed by atoms with Gasteiger partial charge < -0.3 is 15.2 Å². The van der Waals surface area contributed by atoms with E-state index < -0.39 is 5.92 Å². The molecule has 2 aliphatic rings. The molecule has 1 fully saturated rings.